The maximum absolute atomic E-state index is 11.0. The average Bonchev–Trinajstić information content (AvgIpc) is 2.57. The van der Waals surface area contributed by atoms with Crippen LogP contribution in [0.2, 0.25) is 0 Å². The summed E-state index contributed by atoms with van der Waals surface area (Å²) in [6.07, 6.45) is 1.79. The average molecular weight is 311 g/mol. The zero-order valence-electron chi connectivity index (χ0n) is 13.5. The van der Waals surface area contributed by atoms with Gasteiger partial charge in [0.15, 0.2) is 0 Å². The third-order valence-electron chi connectivity index (χ3n) is 4.82. The minimum atomic E-state index is -0.353. The Morgan fingerprint density at radius 3 is 2.74 bits per heavy atom. The van der Waals surface area contributed by atoms with E-state index in [9.17, 15) is 10.1 Å². The molecular weight excluding hydrogens is 290 g/mol. The lowest BCUT2D eigenvalue weighted by Crippen LogP contribution is -2.19. The van der Waals surface area contributed by atoms with Gasteiger partial charge in [0, 0.05) is 18.7 Å². The maximum atomic E-state index is 11.0. The summed E-state index contributed by atoms with van der Waals surface area (Å²) in [5.41, 5.74) is 5.05. The Morgan fingerprint density at radius 2 is 1.96 bits per heavy atom. The molecule has 0 N–H and O–H groups in total. The van der Waals surface area contributed by atoms with Crippen molar-refractivity contribution in [2.75, 3.05) is 6.61 Å². The van der Waals surface area contributed by atoms with Crippen LogP contribution in [0.25, 0.3) is 0 Å². The van der Waals surface area contributed by atoms with E-state index in [1.165, 1.54) is 22.8 Å². The largest absolute Gasteiger partial charge is 0.373 e. The van der Waals surface area contributed by atoms with Crippen molar-refractivity contribution in [1.29, 1.82) is 0 Å². The Kier molecular flexibility index (Phi) is 4.44. The van der Waals surface area contributed by atoms with Crippen molar-refractivity contribution in [1.82, 2.24) is 0 Å². The highest BCUT2D eigenvalue weighted by atomic mass is 16.6. The third-order valence-corrected chi connectivity index (χ3v) is 4.82. The normalized spacial score (nSPS) is 21.1. The smallest absolute Gasteiger partial charge is 0.269 e. The Labute approximate surface area is 136 Å². The van der Waals surface area contributed by atoms with E-state index in [1.54, 1.807) is 12.1 Å². The molecule has 1 saturated heterocycles. The molecular formula is C19H21NO3. The molecule has 4 nitrogen and oxygen atoms in total. The van der Waals surface area contributed by atoms with Gasteiger partial charge in [-0.05, 0) is 54.9 Å². The van der Waals surface area contributed by atoms with Crippen LogP contribution in [-0.4, -0.2) is 11.5 Å². The number of rotatable bonds is 3. The number of nitro benzene ring substituents is 1. The number of benzene rings is 2. The van der Waals surface area contributed by atoms with Gasteiger partial charge in [-0.1, -0.05) is 30.3 Å². The molecule has 1 heterocycles. The number of hydrogen-bond acceptors (Lipinski definition) is 3. The molecule has 2 aromatic rings. The Morgan fingerprint density at radius 1 is 1.17 bits per heavy atom. The Hall–Kier alpha value is -2.20. The lowest BCUT2D eigenvalue weighted by molar-refractivity contribution is -0.385. The van der Waals surface area contributed by atoms with Gasteiger partial charge in [-0.25, -0.2) is 0 Å². The number of hydrogen-bond donors (Lipinski definition) is 0. The van der Waals surface area contributed by atoms with Crippen LogP contribution in [0.1, 0.15) is 47.1 Å². The van der Waals surface area contributed by atoms with E-state index in [-0.39, 0.29) is 16.7 Å². The van der Waals surface area contributed by atoms with Crippen LogP contribution in [0, 0.1) is 24.0 Å². The van der Waals surface area contributed by atoms with Crippen LogP contribution in [0.15, 0.2) is 42.5 Å². The number of nitro groups is 1. The number of aryl methyl sites for hydroxylation is 1. The van der Waals surface area contributed by atoms with Crippen molar-refractivity contribution in [3.8, 4) is 0 Å². The lowest BCUT2D eigenvalue weighted by Gasteiger charge is -2.31. The molecule has 1 aliphatic rings. The minimum Gasteiger partial charge on any atom is -0.373 e. The molecule has 0 amide bonds. The van der Waals surface area contributed by atoms with Crippen molar-refractivity contribution < 1.29 is 9.66 Å². The van der Waals surface area contributed by atoms with Crippen molar-refractivity contribution in [2.45, 2.75) is 38.7 Å². The molecule has 4 heteroatoms. The molecule has 0 bridgehead atoms. The van der Waals surface area contributed by atoms with E-state index in [4.69, 9.17) is 4.74 Å². The molecule has 0 unspecified atom stereocenters. The molecule has 2 atom stereocenters. The second-order valence-corrected chi connectivity index (χ2v) is 6.22. The van der Waals surface area contributed by atoms with Crippen LogP contribution >= 0.6 is 0 Å². The summed E-state index contributed by atoms with van der Waals surface area (Å²) in [6.45, 7) is 4.99. The van der Waals surface area contributed by atoms with Gasteiger partial charge in [-0.3, -0.25) is 10.1 Å². The van der Waals surface area contributed by atoms with E-state index in [1.807, 2.05) is 6.07 Å². The molecule has 1 aliphatic heterocycles. The summed E-state index contributed by atoms with van der Waals surface area (Å²) >= 11 is 0. The molecule has 2 aromatic carbocycles. The first-order valence-electron chi connectivity index (χ1n) is 7.98. The van der Waals surface area contributed by atoms with Crippen molar-refractivity contribution >= 4 is 5.69 Å². The first kappa shape index (κ1) is 15.7. The Bertz CT molecular complexity index is 726. The van der Waals surface area contributed by atoms with E-state index >= 15 is 0 Å². The van der Waals surface area contributed by atoms with Gasteiger partial charge in [0.1, 0.15) is 0 Å². The summed E-state index contributed by atoms with van der Waals surface area (Å²) in [6, 6.07) is 13.3. The molecule has 0 spiro atoms. The molecule has 0 radical (unpaired) electrons. The van der Waals surface area contributed by atoms with Gasteiger partial charge in [-0.15, -0.1) is 0 Å². The van der Waals surface area contributed by atoms with E-state index in [0.717, 1.165) is 18.4 Å². The highest BCUT2D eigenvalue weighted by Crippen LogP contribution is 2.39. The predicted molar refractivity (Wildman–Crippen MR) is 89.7 cm³/mol. The topological polar surface area (TPSA) is 52.4 Å². The standard InChI is InChI=1S/C19H21NO3/c1-13-5-3-8-18(14(13)2)15-9-10-23-19(12-15)16-6-4-7-17(11-16)20(21)22/h3-8,11,15,19H,9-10,12H2,1-2H3/t15-,19+/m0/s1. The fraction of sp³-hybridized carbons (Fsp3) is 0.368. The van der Waals surface area contributed by atoms with Crippen LogP contribution < -0.4 is 0 Å². The quantitative estimate of drug-likeness (QED) is 0.601. The molecule has 3 rings (SSSR count). The summed E-state index contributed by atoms with van der Waals surface area (Å²) in [5, 5.41) is 11.0. The zero-order valence-corrected chi connectivity index (χ0v) is 13.5. The van der Waals surface area contributed by atoms with Gasteiger partial charge in [0.25, 0.3) is 5.69 Å². The van der Waals surface area contributed by atoms with Crippen molar-refractivity contribution in [2.24, 2.45) is 0 Å². The zero-order chi connectivity index (χ0) is 16.4. The first-order chi connectivity index (χ1) is 11.1. The Balaban J connectivity index is 1.85. The summed E-state index contributed by atoms with van der Waals surface area (Å²) < 4.78 is 5.90. The molecule has 0 aliphatic carbocycles. The highest BCUT2D eigenvalue weighted by molar-refractivity contribution is 5.38. The number of nitrogens with zero attached hydrogens (tertiary/aromatic N) is 1. The van der Waals surface area contributed by atoms with Crippen molar-refractivity contribution in [3.05, 3.63) is 74.8 Å². The van der Waals surface area contributed by atoms with Gasteiger partial charge in [-0.2, -0.15) is 0 Å². The maximum Gasteiger partial charge on any atom is 0.269 e. The second kappa shape index (κ2) is 6.50. The molecule has 120 valence electrons. The van der Waals surface area contributed by atoms with E-state index in [0.29, 0.717) is 12.5 Å². The number of non-ortho nitro benzene ring substituents is 1. The molecule has 1 fully saturated rings. The predicted octanol–water partition coefficient (Wildman–Crippen LogP) is 4.85. The van der Waals surface area contributed by atoms with Gasteiger partial charge < -0.3 is 4.74 Å². The van der Waals surface area contributed by atoms with Crippen molar-refractivity contribution in [3.63, 3.8) is 0 Å². The monoisotopic (exact) mass is 311 g/mol. The van der Waals surface area contributed by atoms with Gasteiger partial charge >= 0.3 is 0 Å². The van der Waals surface area contributed by atoms with Crippen LogP contribution in [0.3, 0.4) is 0 Å². The SMILES string of the molecule is Cc1cccc([C@H]2CCO[C@@H](c3cccc([N+](=O)[O-])c3)C2)c1C. The lowest BCUT2D eigenvalue weighted by atomic mass is 9.83. The summed E-state index contributed by atoms with van der Waals surface area (Å²) in [5.74, 6) is 0.438. The molecule has 23 heavy (non-hydrogen) atoms. The van der Waals surface area contributed by atoms with Crippen LogP contribution in [-0.2, 0) is 4.74 Å². The summed E-state index contributed by atoms with van der Waals surface area (Å²) in [4.78, 5) is 10.6. The van der Waals surface area contributed by atoms with Crippen LogP contribution in [0.4, 0.5) is 5.69 Å². The third kappa shape index (κ3) is 3.27. The fourth-order valence-electron chi connectivity index (χ4n) is 3.37. The fourth-order valence-corrected chi connectivity index (χ4v) is 3.37. The van der Waals surface area contributed by atoms with Gasteiger partial charge in [0.05, 0.1) is 11.0 Å². The van der Waals surface area contributed by atoms with Crippen LogP contribution in [0.5, 0.6) is 0 Å². The summed E-state index contributed by atoms with van der Waals surface area (Å²) in [7, 11) is 0. The highest BCUT2D eigenvalue weighted by Gasteiger charge is 2.27. The first-order valence-corrected chi connectivity index (χ1v) is 7.98. The van der Waals surface area contributed by atoms with Gasteiger partial charge in [0.2, 0.25) is 0 Å². The number of ether oxygens (including phenoxy) is 1. The van der Waals surface area contributed by atoms with E-state index < -0.39 is 0 Å². The van der Waals surface area contributed by atoms with E-state index in [2.05, 4.69) is 32.0 Å². The molecule has 0 aromatic heterocycles. The second-order valence-electron chi connectivity index (χ2n) is 6.22. The molecule has 0 saturated carbocycles. The minimum absolute atomic E-state index is 0.0754.